The van der Waals surface area contributed by atoms with Crippen molar-refractivity contribution in [3.05, 3.63) is 90.8 Å². The summed E-state index contributed by atoms with van der Waals surface area (Å²) in [6, 6.07) is 26.9. The Kier molecular flexibility index (Phi) is 3.65. The number of hydrogen-bond donors (Lipinski definition) is 0. The van der Waals surface area contributed by atoms with Crippen molar-refractivity contribution in [2.45, 2.75) is 6.92 Å². The van der Waals surface area contributed by atoms with Gasteiger partial charge in [0.25, 0.3) is 0 Å². The molecule has 0 aliphatic heterocycles. The van der Waals surface area contributed by atoms with Gasteiger partial charge in [0.15, 0.2) is 0 Å². The van der Waals surface area contributed by atoms with Crippen LogP contribution in [0.2, 0.25) is 0 Å². The van der Waals surface area contributed by atoms with Crippen LogP contribution in [0.4, 0.5) is 0 Å². The summed E-state index contributed by atoms with van der Waals surface area (Å²) in [7, 11) is 0. The fourth-order valence-corrected chi connectivity index (χ4v) is 3.48. The molecule has 0 radical (unpaired) electrons. The predicted molar refractivity (Wildman–Crippen MR) is 110 cm³/mol. The van der Waals surface area contributed by atoms with Gasteiger partial charge in [0.05, 0.1) is 27.9 Å². The van der Waals surface area contributed by atoms with Crippen molar-refractivity contribution >= 4 is 21.9 Å². The fraction of sp³-hybridized carbons (Fsp3) is 0.0417. The molecule has 27 heavy (non-hydrogen) atoms. The molecule has 3 aromatic carbocycles. The van der Waals surface area contributed by atoms with Crippen LogP contribution >= 0.6 is 0 Å². The molecule has 128 valence electrons. The van der Waals surface area contributed by atoms with Crippen molar-refractivity contribution in [1.82, 2.24) is 15.0 Å². The smallest absolute Gasteiger partial charge is 0.0988 e. The van der Waals surface area contributed by atoms with Gasteiger partial charge in [-0.05, 0) is 42.3 Å². The molecule has 0 unspecified atom stereocenters. The van der Waals surface area contributed by atoms with Crippen LogP contribution in [0.25, 0.3) is 44.3 Å². The second kappa shape index (κ2) is 6.29. The van der Waals surface area contributed by atoms with E-state index in [-0.39, 0.29) is 0 Å². The molecule has 0 spiro atoms. The molecule has 0 atom stereocenters. The summed E-state index contributed by atoms with van der Waals surface area (Å²) in [6.45, 7) is 2.01. The lowest BCUT2D eigenvalue weighted by molar-refractivity contribution is 1.19. The molecule has 2 aromatic heterocycles. The molecule has 5 aromatic rings. The molecule has 2 heterocycles. The number of rotatable bonds is 2. The number of aromatic nitrogens is 3. The van der Waals surface area contributed by atoms with E-state index < -0.39 is 0 Å². The zero-order valence-corrected chi connectivity index (χ0v) is 14.9. The minimum absolute atomic E-state index is 0.897. The highest BCUT2D eigenvalue weighted by atomic mass is 14.8. The molecular weight excluding hydrogens is 330 g/mol. The zero-order valence-electron chi connectivity index (χ0n) is 14.9. The summed E-state index contributed by atoms with van der Waals surface area (Å²) in [6.07, 6.45) is 1.80. The van der Waals surface area contributed by atoms with E-state index in [0.717, 1.165) is 38.9 Å². The summed E-state index contributed by atoms with van der Waals surface area (Å²) < 4.78 is 0. The Morgan fingerprint density at radius 1 is 0.593 bits per heavy atom. The van der Waals surface area contributed by atoms with E-state index in [4.69, 9.17) is 9.97 Å². The average molecular weight is 347 g/mol. The quantitative estimate of drug-likeness (QED) is 0.378. The van der Waals surface area contributed by atoms with E-state index >= 15 is 0 Å². The van der Waals surface area contributed by atoms with Gasteiger partial charge in [-0.25, -0.2) is 9.97 Å². The molecule has 0 bridgehead atoms. The third-order valence-electron chi connectivity index (χ3n) is 4.86. The molecule has 0 saturated carbocycles. The van der Waals surface area contributed by atoms with Crippen LogP contribution in [-0.4, -0.2) is 15.0 Å². The summed E-state index contributed by atoms with van der Waals surface area (Å²) in [4.78, 5) is 14.2. The second-order valence-corrected chi connectivity index (χ2v) is 6.60. The topological polar surface area (TPSA) is 38.7 Å². The van der Waals surface area contributed by atoms with Gasteiger partial charge in [0.2, 0.25) is 0 Å². The van der Waals surface area contributed by atoms with E-state index in [1.807, 2.05) is 31.2 Å². The monoisotopic (exact) mass is 347 g/mol. The third kappa shape index (κ3) is 2.74. The van der Waals surface area contributed by atoms with Gasteiger partial charge < -0.3 is 0 Å². The van der Waals surface area contributed by atoms with E-state index in [1.165, 1.54) is 11.1 Å². The Balaban J connectivity index is 1.66. The van der Waals surface area contributed by atoms with E-state index in [1.54, 1.807) is 6.20 Å². The van der Waals surface area contributed by atoms with Crippen molar-refractivity contribution in [3.63, 3.8) is 0 Å². The SMILES string of the molecule is Cc1nc2ccc3ncccc3c2nc1-c1ccc(-c2ccccc2)cc1. The summed E-state index contributed by atoms with van der Waals surface area (Å²) in [5, 5.41) is 1.03. The highest BCUT2D eigenvalue weighted by Crippen LogP contribution is 2.28. The van der Waals surface area contributed by atoms with E-state index in [2.05, 4.69) is 59.6 Å². The normalized spacial score (nSPS) is 11.1. The van der Waals surface area contributed by atoms with Gasteiger partial charge in [-0.15, -0.1) is 0 Å². The molecule has 3 nitrogen and oxygen atoms in total. The molecule has 0 fully saturated rings. The minimum Gasteiger partial charge on any atom is -0.256 e. The third-order valence-corrected chi connectivity index (χ3v) is 4.86. The Morgan fingerprint density at radius 2 is 1.30 bits per heavy atom. The van der Waals surface area contributed by atoms with Gasteiger partial charge in [-0.1, -0.05) is 54.6 Å². The summed E-state index contributed by atoms with van der Waals surface area (Å²) >= 11 is 0. The first kappa shape index (κ1) is 15.6. The minimum atomic E-state index is 0.897. The number of nitrogens with zero attached hydrogens (tertiary/aromatic N) is 3. The molecule has 0 aliphatic carbocycles. The van der Waals surface area contributed by atoms with Crippen LogP contribution in [-0.2, 0) is 0 Å². The van der Waals surface area contributed by atoms with Gasteiger partial charge in [-0.3, -0.25) is 4.98 Å². The van der Waals surface area contributed by atoms with E-state index in [9.17, 15) is 0 Å². The first-order chi connectivity index (χ1) is 13.3. The Labute approximate surface area is 157 Å². The number of hydrogen-bond acceptors (Lipinski definition) is 3. The lowest BCUT2D eigenvalue weighted by Gasteiger charge is -2.09. The molecule has 3 heteroatoms. The maximum absolute atomic E-state index is 4.97. The van der Waals surface area contributed by atoms with Crippen LogP contribution in [0.15, 0.2) is 85.1 Å². The van der Waals surface area contributed by atoms with Gasteiger partial charge in [0, 0.05) is 17.1 Å². The predicted octanol–water partition coefficient (Wildman–Crippen LogP) is 5.82. The average Bonchev–Trinajstić information content (AvgIpc) is 2.74. The highest BCUT2D eigenvalue weighted by molar-refractivity contribution is 6.02. The van der Waals surface area contributed by atoms with E-state index in [0.29, 0.717) is 0 Å². The second-order valence-electron chi connectivity index (χ2n) is 6.60. The lowest BCUT2D eigenvalue weighted by atomic mass is 10.0. The summed E-state index contributed by atoms with van der Waals surface area (Å²) in [5.41, 5.74) is 8.06. The van der Waals surface area contributed by atoms with Gasteiger partial charge in [0.1, 0.15) is 0 Å². The summed E-state index contributed by atoms with van der Waals surface area (Å²) in [5.74, 6) is 0. The molecule has 0 amide bonds. The number of pyridine rings is 1. The Hall–Kier alpha value is -3.59. The van der Waals surface area contributed by atoms with Crippen LogP contribution in [0.3, 0.4) is 0 Å². The molecule has 0 aliphatic rings. The van der Waals surface area contributed by atoms with Crippen molar-refractivity contribution in [1.29, 1.82) is 0 Å². The number of aryl methyl sites for hydroxylation is 1. The van der Waals surface area contributed by atoms with Crippen molar-refractivity contribution in [3.8, 4) is 22.4 Å². The van der Waals surface area contributed by atoms with Crippen LogP contribution in [0.1, 0.15) is 5.69 Å². The van der Waals surface area contributed by atoms with Crippen LogP contribution in [0.5, 0.6) is 0 Å². The van der Waals surface area contributed by atoms with Crippen LogP contribution in [0, 0.1) is 6.92 Å². The Bertz CT molecular complexity index is 1260. The lowest BCUT2D eigenvalue weighted by Crippen LogP contribution is -1.95. The first-order valence-electron chi connectivity index (χ1n) is 8.97. The molecular formula is C24H17N3. The fourth-order valence-electron chi connectivity index (χ4n) is 3.48. The first-order valence-corrected chi connectivity index (χ1v) is 8.97. The highest BCUT2D eigenvalue weighted by Gasteiger charge is 2.10. The molecule has 0 N–H and O–H groups in total. The molecule has 5 rings (SSSR count). The zero-order chi connectivity index (χ0) is 18.2. The standard InChI is InChI=1S/C24H17N3/c1-16-23(19-11-9-18(10-12-19)17-6-3-2-4-7-17)27-24-20-8-5-15-25-21(20)13-14-22(24)26-16/h2-15H,1H3. The largest absolute Gasteiger partial charge is 0.256 e. The number of fused-ring (bicyclic) bond motifs is 3. The molecule has 0 saturated heterocycles. The maximum atomic E-state index is 4.97. The number of benzene rings is 3. The van der Waals surface area contributed by atoms with Gasteiger partial charge >= 0.3 is 0 Å². The Morgan fingerprint density at radius 3 is 2.11 bits per heavy atom. The van der Waals surface area contributed by atoms with Crippen molar-refractivity contribution < 1.29 is 0 Å². The van der Waals surface area contributed by atoms with Crippen LogP contribution < -0.4 is 0 Å². The van der Waals surface area contributed by atoms with Crippen molar-refractivity contribution in [2.24, 2.45) is 0 Å². The van der Waals surface area contributed by atoms with Gasteiger partial charge in [-0.2, -0.15) is 0 Å². The maximum Gasteiger partial charge on any atom is 0.0988 e. The van der Waals surface area contributed by atoms with Crippen molar-refractivity contribution in [2.75, 3.05) is 0 Å².